The van der Waals surface area contributed by atoms with Gasteiger partial charge in [0.2, 0.25) is 0 Å². The number of likely N-dealkylation sites (N-methyl/N-ethyl adjacent to an activating group) is 1. The fourth-order valence-corrected chi connectivity index (χ4v) is 4.48. The molecule has 2 aliphatic heterocycles. The van der Waals surface area contributed by atoms with E-state index in [-0.39, 0.29) is 5.56 Å². The summed E-state index contributed by atoms with van der Waals surface area (Å²) in [7, 11) is 3.66. The van der Waals surface area contributed by atoms with Gasteiger partial charge in [-0.2, -0.15) is 0 Å². The summed E-state index contributed by atoms with van der Waals surface area (Å²) < 4.78 is 52.5. The topological polar surface area (TPSA) is 59.5 Å². The molecule has 0 saturated carbocycles. The van der Waals surface area contributed by atoms with Gasteiger partial charge in [-0.05, 0) is 18.6 Å². The predicted molar refractivity (Wildman–Crippen MR) is 116 cm³/mol. The molecule has 2 aliphatic rings. The first-order valence-corrected chi connectivity index (χ1v) is 10.6. The Hall–Kier alpha value is -2.65. The first-order chi connectivity index (χ1) is 15.4. The Balaban J connectivity index is 1.70. The maximum atomic E-state index is 14.7. The lowest BCUT2D eigenvalue weighted by atomic mass is 9.83. The minimum atomic E-state index is -2.88. The molecule has 1 aromatic carbocycles. The molecule has 1 aromatic heterocycles. The maximum absolute atomic E-state index is 14.7. The van der Waals surface area contributed by atoms with Gasteiger partial charge in [-0.25, -0.2) is 23.1 Å². The zero-order valence-electron chi connectivity index (χ0n) is 18.4. The maximum Gasteiger partial charge on any atom is 0.266 e. The molecule has 2 aromatic rings. The summed E-state index contributed by atoms with van der Waals surface area (Å²) in [6.45, 7) is 3.61. The molecule has 0 aliphatic carbocycles. The van der Waals surface area contributed by atoms with Crippen LogP contribution in [-0.2, 0) is 9.47 Å². The van der Waals surface area contributed by atoms with E-state index in [1.807, 2.05) is 18.0 Å². The van der Waals surface area contributed by atoms with Crippen molar-refractivity contribution in [3.8, 4) is 0 Å². The number of halogens is 3. The van der Waals surface area contributed by atoms with Crippen LogP contribution < -0.4 is 10.2 Å². The first kappa shape index (κ1) is 22.5. The third-order valence-corrected chi connectivity index (χ3v) is 6.34. The summed E-state index contributed by atoms with van der Waals surface area (Å²) >= 11 is 0. The SMILES string of the molecule is COC1(C2=Cc3c(N[C@H](C)c4cccc(C(F)F)c4F)ncnc3N(C)C2)CCOCC1. The molecule has 1 saturated heterocycles. The highest BCUT2D eigenvalue weighted by molar-refractivity contribution is 5.79. The van der Waals surface area contributed by atoms with E-state index in [0.717, 1.165) is 35.9 Å². The monoisotopic (exact) mass is 448 g/mol. The second-order valence-corrected chi connectivity index (χ2v) is 8.21. The molecule has 0 bridgehead atoms. The van der Waals surface area contributed by atoms with E-state index in [0.29, 0.717) is 25.6 Å². The molecule has 9 heteroatoms. The quantitative estimate of drug-likeness (QED) is 0.688. The van der Waals surface area contributed by atoms with Gasteiger partial charge in [-0.1, -0.05) is 18.2 Å². The fraction of sp³-hybridized carbons (Fsp3) is 0.478. The van der Waals surface area contributed by atoms with Gasteiger partial charge in [0.1, 0.15) is 23.8 Å². The average molecular weight is 448 g/mol. The number of alkyl halides is 2. The van der Waals surface area contributed by atoms with Crippen molar-refractivity contribution in [3.05, 3.63) is 52.6 Å². The molecule has 6 nitrogen and oxygen atoms in total. The number of ether oxygens (including phenoxy) is 2. The van der Waals surface area contributed by atoms with Crippen LogP contribution in [0.1, 0.15) is 48.9 Å². The molecule has 0 radical (unpaired) electrons. The number of methoxy groups -OCH3 is 1. The van der Waals surface area contributed by atoms with Crippen molar-refractivity contribution < 1.29 is 22.6 Å². The molecular weight excluding hydrogens is 421 g/mol. The molecule has 1 fully saturated rings. The molecular formula is C23H27F3N4O2. The lowest BCUT2D eigenvalue weighted by Gasteiger charge is -2.41. The van der Waals surface area contributed by atoms with E-state index in [1.54, 1.807) is 14.0 Å². The molecule has 1 atom stereocenters. The summed E-state index contributed by atoms with van der Waals surface area (Å²) in [5.74, 6) is 0.338. The van der Waals surface area contributed by atoms with Gasteiger partial charge in [-0.15, -0.1) is 0 Å². The summed E-state index contributed by atoms with van der Waals surface area (Å²) in [5.41, 5.74) is 0.970. The highest BCUT2D eigenvalue weighted by Gasteiger charge is 2.39. The van der Waals surface area contributed by atoms with Gasteiger partial charge in [0.25, 0.3) is 6.43 Å². The van der Waals surface area contributed by atoms with Crippen molar-refractivity contribution in [2.75, 3.05) is 44.1 Å². The van der Waals surface area contributed by atoms with Gasteiger partial charge in [-0.3, -0.25) is 0 Å². The van der Waals surface area contributed by atoms with Crippen LogP contribution in [-0.4, -0.2) is 49.5 Å². The van der Waals surface area contributed by atoms with Crippen LogP contribution >= 0.6 is 0 Å². The molecule has 4 rings (SSSR count). The number of fused-ring (bicyclic) bond motifs is 1. The highest BCUT2D eigenvalue weighted by atomic mass is 19.3. The van der Waals surface area contributed by atoms with E-state index >= 15 is 0 Å². The summed E-state index contributed by atoms with van der Waals surface area (Å²) in [6, 6.07) is 3.45. The van der Waals surface area contributed by atoms with Crippen LogP contribution in [0.25, 0.3) is 6.08 Å². The van der Waals surface area contributed by atoms with E-state index in [9.17, 15) is 13.2 Å². The number of aromatic nitrogens is 2. The van der Waals surface area contributed by atoms with Gasteiger partial charge in [0, 0.05) is 52.3 Å². The molecule has 3 heterocycles. The van der Waals surface area contributed by atoms with Crippen LogP contribution in [0.4, 0.5) is 24.8 Å². The minimum absolute atomic E-state index is 0.154. The van der Waals surface area contributed by atoms with Crippen LogP contribution in [0.2, 0.25) is 0 Å². The Kier molecular flexibility index (Phi) is 6.39. The summed E-state index contributed by atoms with van der Waals surface area (Å²) in [5, 5.41) is 3.20. The Morgan fingerprint density at radius 3 is 2.59 bits per heavy atom. The third-order valence-electron chi connectivity index (χ3n) is 6.34. The summed E-state index contributed by atoms with van der Waals surface area (Å²) in [6.07, 6.45) is 2.09. The zero-order chi connectivity index (χ0) is 22.9. The normalized spacial score (nSPS) is 18.8. The average Bonchev–Trinajstić information content (AvgIpc) is 2.79. The molecule has 0 amide bonds. The molecule has 32 heavy (non-hydrogen) atoms. The number of anilines is 2. The standard InChI is InChI=1S/C23H27F3N4O2/c1-14(16-5-4-6-17(19(16)24)20(25)26)29-21-18-11-15(12-30(2)22(18)28-13-27-21)23(31-3)7-9-32-10-8-23/h4-6,11,13-14,20H,7-10,12H2,1-3H3,(H,27,28,29)/t14-/m1/s1. The number of nitrogens with one attached hydrogen (secondary N) is 1. The van der Waals surface area contributed by atoms with E-state index in [4.69, 9.17) is 9.47 Å². The van der Waals surface area contributed by atoms with Crippen molar-refractivity contribution in [2.24, 2.45) is 0 Å². The van der Waals surface area contributed by atoms with E-state index < -0.39 is 29.4 Å². The number of hydrogen-bond acceptors (Lipinski definition) is 6. The number of benzene rings is 1. The van der Waals surface area contributed by atoms with Crippen molar-refractivity contribution >= 4 is 17.7 Å². The van der Waals surface area contributed by atoms with E-state index in [1.165, 1.54) is 18.5 Å². The van der Waals surface area contributed by atoms with Crippen molar-refractivity contribution in [3.63, 3.8) is 0 Å². The zero-order valence-corrected chi connectivity index (χ0v) is 18.4. The van der Waals surface area contributed by atoms with Crippen LogP contribution in [0.5, 0.6) is 0 Å². The molecule has 172 valence electrons. The Labute approximate surface area is 185 Å². The van der Waals surface area contributed by atoms with Crippen molar-refractivity contribution in [1.82, 2.24) is 9.97 Å². The second kappa shape index (κ2) is 9.07. The lowest BCUT2D eigenvalue weighted by Crippen LogP contribution is -2.44. The van der Waals surface area contributed by atoms with Crippen molar-refractivity contribution in [2.45, 2.75) is 37.8 Å². The number of hydrogen-bond donors (Lipinski definition) is 1. The Morgan fingerprint density at radius 1 is 1.19 bits per heavy atom. The van der Waals surface area contributed by atoms with E-state index in [2.05, 4.69) is 15.3 Å². The highest BCUT2D eigenvalue weighted by Crippen LogP contribution is 2.40. The molecule has 1 N–H and O–H groups in total. The van der Waals surface area contributed by atoms with Gasteiger partial charge >= 0.3 is 0 Å². The molecule has 0 unspecified atom stereocenters. The van der Waals surface area contributed by atoms with Crippen LogP contribution in [0.3, 0.4) is 0 Å². The third kappa shape index (κ3) is 4.06. The number of nitrogens with zero attached hydrogens (tertiary/aromatic N) is 3. The van der Waals surface area contributed by atoms with Gasteiger partial charge in [0.15, 0.2) is 0 Å². The minimum Gasteiger partial charge on any atom is -0.381 e. The predicted octanol–water partition coefficient (Wildman–Crippen LogP) is 4.76. The fourth-order valence-electron chi connectivity index (χ4n) is 4.48. The van der Waals surface area contributed by atoms with Crippen LogP contribution in [0.15, 0.2) is 30.1 Å². The summed E-state index contributed by atoms with van der Waals surface area (Å²) in [4.78, 5) is 10.8. The van der Waals surface area contributed by atoms with Gasteiger partial charge in [0.05, 0.1) is 22.8 Å². The Bertz CT molecular complexity index is 1010. The van der Waals surface area contributed by atoms with Crippen LogP contribution in [0, 0.1) is 5.82 Å². The lowest BCUT2D eigenvalue weighted by molar-refractivity contribution is -0.0658. The number of rotatable bonds is 6. The second-order valence-electron chi connectivity index (χ2n) is 8.21. The van der Waals surface area contributed by atoms with Crippen molar-refractivity contribution in [1.29, 1.82) is 0 Å². The van der Waals surface area contributed by atoms with Gasteiger partial charge < -0.3 is 19.7 Å². The largest absolute Gasteiger partial charge is 0.381 e. The Morgan fingerprint density at radius 2 is 1.91 bits per heavy atom. The molecule has 0 spiro atoms. The smallest absolute Gasteiger partial charge is 0.266 e. The first-order valence-electron chi connectivity index (χ1n) is 10.6.